The lowest BCUT2D eigenvalue weighted by Crippen LogP contribution is -2.22. The quantitative estimate of drug-likeness (QED) is 0.652. The summed E-state index contributed by atoms with van der Waals surface area (Å²) in [4.78, 5) is 12.5. The summed E-state index contributed by atoms with van der Waals surface area (Å²) in [5, 5.41) is 2.86. The molecule has 0 spiro atoms. The lowest BCUT2D eigenvalue weighted by Gasteiger charge is -2.10. The first kappa shape index (κ1) is 19.2. The van der Waals surface area contributed by atoms with Crippen LogP contribution < -0.4 is 19.5 Å². The van der Waals surface area contributed by atoms with Crippen LogP contribution in [0.3, 0.4) is 0 Å². The van der Waals surface area contributed by atoms with Crippen LogP contribution in [0.1, 0.15) is 15.9 Å². The third-order valence-corrected chi connectivity index (χ3v) is 4.01. The second-order valence-corrected chi connectivity index (χ2v) is 5.99. The Morgan fingerprint density at radius 3 is 2.18 bits per heavy atom. The highest BCUT2D eigenvalue weighted by Gasteiger charge is 2.10. The van der Waals surface area contributed by atoms with Gasteiger partial charge in [-0.15, -0.1) is 0 Å². The zero-order chi connectivity index (χ0) is 19.9. The van der Waals surface area contributed by atoms with E-state index < -0.39 is 0 Å². The Morgan fingerprint density at radius 2 is 1.54 bits per heavy atom. The molecule has 0 saturated carbocycles. The lowest BCUT2D eigenvalue weighted by molar-refractivity contribution is 0.0950. The zero-order valence-electron chi connectivity index (χ0n) is 15.6. The van der Waals surface area contributed by atoms with Crippen molar-refractivity contribution in [1.82, 2.24) is 5.32 Å². The van der Waals surface area contributed by atoms with Crippen molar-refractivity contribution in [3.05, 3.63) is 83.7 Å². The SMILES string of the molecule is COc1cc(OC)cc(C(=O)NCc2cccc(Oc3ccc(F)cc3)c2)c1. The topological polar surface area (TPSA) is 56.8 Å². The Bertz CT molecular complexity index is 935. The summed E-state index contributed by atoms with van der Waals surface area (Å²) in [6.45, 7) is 0.318. The van der Waals surface area contributed by atoms with Gasteiger partial charge in [-0.05, 0) is 54.1 Å². The van der Waals surface area contributed by atoms with E-state index in [1.54, 1.807) is 36.4 Å². The van der Waals surface area contributed by atoms with Crippen molar-refractivity contribution in [2.75, 3.05) is 14.2 Å². The van der Waals surface area contributed by atoms with Gasteiger partial charge in [-0.2, -0.15) is 0 Å². The molecule has 3 rings (SSSR count). The molecule has 0 aliphatic heterocycles. The van der Waals surface area contributed by atoms with Crippen molar-refractivity contribution in [1.29, 1.82) is 0 Å². The van der Waals surface area contributed by atoms with E-state index in [2.05, 4.69) is 5.32 Å². The highest BCUT2D eigenvalue weighted by Crippen LogP contribution is 2.24. The van der Waals surface area contributed by atoms with E-state index in [-0.39, 0.29) is 11.7 Å². The molecule has 0 aliphatic carbocycles. The summed E-state index contributed by atoms with van der Waals surface area (Å²) in [5.41, 5.74) is 1.30. The van der Waals surface area contributed by atoms with E-state index in [0.29, 0.717) is 35.1 Å². The highest BCUT2D eigenvalue weighted by molar-refractivity contribution is 5.95. The summed E-state index contributed by atoms with van der Waals surface area (Å²) >= 11 is 0. The fourth-order valence-electron chi connectivity index (χ4n) is 2.58. The molecular formula is C22H20FNO4. The van der Waals surface area contributed by atoms with Crippen molar-refractivity contribution in [3.63, 3.8) is 0 Å². The molecule has 0 radical (unpaired) electrons. The number of methoxy groups -OCH3 is 2. The molecule has 6 heteroatoms. The molecule has 0 aliphatic rings. The largest absolute Gasteiger partial charge is 0.497 e. The number of amides is 1. The monoisotopic (exact) mass is 381 g/mol. The fraction of sp³-hybridized carbons (Fsp3) is 0.136. The van der Waals surface area contributed by atoms with Gasteiger partial charge in [0.15, 0.2) is 0 Å². The molecule has 5 nitrogen and oxygen atoms in total. The predicted molar refractivity (Wildman–Crippen MR) is 104 cm³/mol. The third-order valence-electron chi connectivity index (χ3n) is 4.01. The van der Waals surface area contributed by atoms with Crippen LogP contribution >= 0.6 is 0 Å². The molecule has 3 aromatic rings. The number of nitrogens with one attached hydrogen (secondary N) is 1. The molecule has 144 valence electrons. The van der Waals surface area contributed by atoms with Gasteiger partial charge in [0, 0.05) is 18.2 Å². The van der Waals surface area contributed by atoms with Crippen molar-refractivity contribution < 1.29 is 23.4 Å². The summed E-state index contributed by atoms with van der Waals surface area (Å²) < 4.78 is 29.1. The summed E-state index contributed by atoms with van der Waals surface area (Å²) in [6.07, 6.45) is 0. The van der Waals surface area contributed by atoms with Gasteiger partial charge in [-0.25, -0.2) is 4.39 Å². The Labute approximate surface area is 162 Å². The van der Waals surface area contributed by atoms with Gasteiger partial charge in [-0.1, -0.05) is 12.1 Å². The van der Waals surface area contributed by atoms with Crippen molar-refractivity contribution in [2.45, 2.75) is 6.54 Å². The predicted octanol–water partition coefficient (Wildman–Crippen LogP) is 4.57. The van der Waals surface area contributed by atoms with E-state index >= 15 is 0 Å². The lowest BCUT2D eigenvalue weighted by atomic mass is 10.1. The maximum atomic E-state index is 13.0. The molecular weight excluding hydrogens is 361 g/mol. The van der Waals surface area contributed by atoms with E-state index in [0.717, 1.165) is 5.56 Å². The number of hydrogen-bond donors (Lipinski definition) is 1. The minimum Gasteiger partial charge on any atom is -0.497 e. The smallest absolute Gasteiger partial charge is 0.251 e. The number of rotatable bonds is 7. The number of benzene rings is 3. The second kappa shape index (κ2) is 8.90. The van der Waals surface area contributed by atoms with Crippen molar-refractivity contribution in [3.8, 4) is 23.0 Å². The van der Waals surface area contributed by atoms with Gasteiger partial charge in [0.05, 0.1) is 14.2 Å². The summed E-state index contributed by atoms with van der Waals surface area (Å²) in [5.74, 6) is 1.64. The first-order valence-electron chi connectivity index (χ1n) is 8.61. The standard InChI is InChI=1S/C22H20FNO4/c1-26-20-11-16(12-21(13-20)27-2)22(25)24-14-15-4-3-5-19(10-15)28-18-8-6-17(23)7-9-18/h3-13H,14H2,1-2H3,(H,24,25). The number of ether oxygens (including phenoxy) is 3. The molecule has 0 fully saturated rings. The normalized spacial score (nSPS) is 10.2. The van der Waals surface area contributed by atoms with Gasteiger partial charge in [-0.3, -0.25) is 4.79 Å². The molecule has 28 heavy (non-hydrogen) atoms. The highest BCUT2D eigenvalue weighted by atomic mass is 19.1. The Hall–Kier alpha value is -3.54. The van der Waals surface area contributed by atoms with Gasteiger partial charge in [0.2, 0.25) is 0 Å². The molecule has 0 saturated heterocycles. The van der Waals surface area contributed by atoms with E-state index in [1.165, 1.54) is 26.4 Å². The van der Waals surface area contributed by atoms with Gasteiger partial charge in [0.1, 0.15) is 28.8 Å². The molecule has 0 aromatic heterocycles. The van der Waals surface area contributed by atoms with Crippen LogP contribution in [-0.4, -0.2) is 20.1 Å². The van der Waals surface area contributed by atoms with Crippen LogP contribution in [0.15, 0.2) is 66.7 Å². The first-order valence-corrected chi connectivity index (χ1v) is 8.61. The second-order valence-electron chi connectivity index (χ2n) is 5.99. The molecule has 0 unspecified atom stereocenters. The molecule has 1 N–H and O–H groups in total. The molecule has 0 atom stereocenters. The van der Waals surface area contributed by atoms with Crippen LogP contribution in [-0.2, 0) is 6.54 Å². The molecule has 0 bridgehead atoms. The van der Waals surface area contributed by atoms with E-state index in [1.807, 2.05) is 18.2 Å². The number of carbonyl (C=O) groups excluding carboxylic acids is 1. The molecule has 1 amide bonds. The average Bonchev–Trinajstić information content (AvgIpc) is 2.73. The van der Waals surface area contributed by atoms with Crippen LogP contribution in [0.25, 0.3) is 0 Å². The maximum absolute atomic E-state index is 13.0. The Balaban J connectivity index is 1.66. The van der Waals surface area contributed by atoms with Crippen LogP contribution in [0.5, 0.6) is 23.0 Å². The van der Waals surface area contributed by atoms with Crippen LogP contribution in [0.4, 0.5) is 4.39 Å². The maximum Gasteiger partial charge on any atom is 0.251 e. The zero-order valence-corrected chi connectivity index (χ0v) is 15.6. The van der Waals surface area contributed by atoms with Crippen molar-refractivity contribution in [2.24, 2.45) is 0 Å². The van der Waals surface area contributed by atoms with Gasteiger partial charge in [0.25, 0.3) is 5.91 Å². The van der Waals surface area contributed by atoms with Gasteiger partial charge < -0.3 is 19.5 Å². The number of hydrogen-bond acceptors (Lipinski definition) is 4. The Morgan fingerprint density at radius 1 is 0.857 bits per heavy atom. The first-order chi connectivity index (χ1) is 13.6. The fourth-order valence-corrected chi connectivity index (χ4v) is 2.58. The Kier molecular flexibility index (Phi) is 6.11. The summed E-state index contributed by atoms with van der Waals surface area (Å²) in [6, 6.07) is 18.1. The third kappa shape index (κ3) is 5.01. The van der Waals surface area contributed by atoms with E-state index in [9.17, 15) is 9.18 Å². The summed E-state index contributed by atoms with van der Waals surface area (Å²) in [7, 11) is 3.06. The van der Waals surface area contributed by atoms with Crippen molar-refractivity contribution >= 4 is 5.91 Å². The minimum absolute atomic E-state index is 0.248. The molecule has 3 aromatic carbocycles. The van der Waals surface area contributed by atoms with Crippen LogP contribution in [0, 0.1) is 5.82 Å². The molecule has 0 heterocycles. The number of halogens is 1. The van der Waals surface area contributed by atoms with Crippen LogP contribution in [0.2, 0.25) is 0 Å². The minimum atomic E-state index is -0.321. The van der Waals surface area contributed by atoms with Gasteiger partial charge >= 0.3 is 0 Å². The van der Waals surface area contributed by atoms with E-state index in [4.69, 9.17) is 14.2 Å². The average molecular weight is 381 g/mol. The number of carbonyl (C=O) groups is 1.